The summed E-state index contributed by atoms with van der Waals surface area (Å²) in [5.41, 5.74) is 4.09. The van der Waals surface area contributed by atoms with Crippen molar-refractivity contribution in [2.45, 2.75) is 55.9 Å². The van der Waals surface area contributed by atoms with E-state index in [0.29, 0.717) is 24.1 Å². The number of nitrogens with one attached hydrogen (secondary N) is 1. The molecule has 1 aromatic heterocycles. The number of aromatic amines is 1. The highest BCUT2D eigenvalue weighted by Gasteiger charge is 2.52. The highest BCUT2D eigenvalue weighted by molar-refractivity contribution is 5.96. The number of para-hydroxylation sites is 1. The van der Waals surface area contributed by atoms with Crippen LogP contribution in [-0.2, 0) is 35.0 Å². The molecule has 7 rings (SSSR count). The van der Waals surface area contributed by atoms with Gasteiger partial charge >= 0.3 is 5.97 Å². The van der Waals surface area contributed by atoms with Crippen LogP contribution in [0.2, 0.25) is 0 Å². The van der Waals surface area contributed by atoms with Gasteiger partial charge in [-0.15, -0.1) is 6.58 Å². The number of aliphatic hydroxyl groups is 3. The fourth-order valence-electron chi connectivity index (χ4n) is 7.24. The van der Waals surface area contributed by atoms with E-state index in [2.05, 4.69) is 17.6 Å². The van der Waals surface area contributed by atoms with E-state index in [0.717, 1.165) is 29.1 Å². The van der Waals surface area contributed by atoms with Crippen LogP contribution in [-0.4, -0.2) is 97.4 Å². The summed E-state index contributed by atoms with van der Waals surface area (Å²) in [5.74, 6) is -2.68. The molecule has 2 fully saturated rings. The summed E-state index contributed by atoms with van der Waals surface area (Å²) in [5, 5.41) is 52.2. The van der Waals surface area contributed by atoms with Gasteiger partial charge in [-0.2, -0.15) is 0 Å². The molecule has 3 aromatic rings. The smallest absolute Gasteiger partial charge is 0.331 e. The van der Waals surface area contributed by atoms with E-state index >= 15 is 0 Å². The number of hydrogen-bond acceptors (Lipinski definition) is 11. The number of phenolic OH excluding ortho intramolecular Hbond substituents is 2. The fourth-order valence-corrected chi connectivity index (χ4v) is 7.24. The Morgan fingerprint density at radius 3 is 2.69 bits per heavy atom. The fraction of sp³-hybridized carbons (Fsp3) is 0.371. The summed E-state index contributed by atoms with van der Waals surface area (Å²) < 4.78 is 23.1. The zero-order valence-corrected chi connectivity index (χ0v) is 25.7. The Morgan fingerprint density at radius 1 is 1.10 bits per heavy atom. The van der Waals surface area contributed by atoms with E-state index in [1.165, 1.54) is 36.1 Å². The number of fused-ring (bicyclic) bond motifs is 6. The Bertz CT molecular complexity index is 1800. The number of hydrogen-bond donors (Lipinski definition) is 6. The minimum Gasteiger partial charge on any atom is -0.504 e. The molecule has 0 aliphatic carbocycles. The van der Waals surface area contributed by atoms with Crippen molar-refractivity contribution in [2.24, 2.45) is 11.8 Å². The number of aromatic hydroxyl groups is 2. The number of aromatic nitrogens is 1. The van der Waals surface area contributed by atoms with Crippen molar-refractivity contribution < 1.29 is 54.1 Å². The molecule has 4 aliphatic heterocycles. The quantitative estimate of drug-likeness (QED) is 0.0942. The van der Waals surface area contributed by atoms with Crippen molar-refractivity contribution in [1.82, 2.24) is 9.88 Å². The molecule has 5 heterocycles. The van der Waals surface area contributed by atoms with Crippen LogP contribution in [0.25, 0.3) is 17.0 Å². The molecule has 252 valence electrons. The molecule has 6 N–H and O–H groups in total. The number of rotatable bonds is 7. The summed E-state index contributed by atoms with van der Waals surface area (Å²) in [6, 6.07) is 11.8. The van der Waals surface area contributed by atoms with Crippen LogP contribution in [0.4, 0.5) is 0 Å². The average Bonchev–Trinajstić information content (AvgIpc) is 3.47. The van der Waals surface area contributed by atoms with Crippen molar-refractivity contribution in [2.75, 3.05) is 13.2 Å². The first-order valence-corrected chi connectivity index (χ1v) is 15.8. The van der Waals surface area contributed by atoms with Gasteiger partial charge in [0.1, 0.15) is 18.3 Å². The predicted molar refractivity (Wildman–Crippen MR) is 169 cm³/mol. The van der Waals surface area contributed by atoms with Gasteiger partial charge in [-0.3, -0.25) is 4.79 Å². The van der Waals surface area contributed by atoms with Crippen molar-refractivity contribution in [3.8, 4) is 11.5 Å². The van der Waals surface area contributed by atoms with E-state index in [9.17, 15) is 35.1 Å². The largest absolute Gasteiger partial charge is 0.504 e. The molecule has 2 aromatic carbocycles. The molecule has 0 saturated carbocycles. The number of carbonyl (C=O) groups excluding carboxylic acids is 2. The third kappa shape index (κ3) is 5.53. The molecule has 2 saturated heterocycles. The number of esters is 1. The van der Waals surface area contributed by atoms with E-state index in [4.69, 9.17) is 18.9 Å². The van der Waals surface area contributed by atoms with Crippen LogP contribution >= 0.6 is 0 Å². The monoisotopic (exact) mass is 660 g/mol. The van der Waals surface area contributed by atoms with Gasteiger partial charge in [0.25, 0.3) is 5.91 Å². The number of aliphatic hydroxyl groups excluding tert-OH is 3. The van der Waals surface area contributed by atoms with Gasteiger partial charge in [0, 0.05) is 41.1 Å². The second-order valence-electron chi connectivity index (χ2n) is 12.4. The number of piperidine rings is 1. The lowest BCUT2D eigenvalue weighted by Crippen LogP contribution is -2.61. The molecule has 1 amide bonds. The lowest BCUT2D eigenvalue weighted by molar-refractivity contribution is -0.340. The number of carbonyl (C=O) groups is 2. The second-order valence-corrected chi connectivity index (χ2v) is 12.4. The summed E-state index contributed by atoms with van der Waals surface area (Å²) >= 11 is 0. The van der Waals surface area contributed by atoms with Gasteiger partial charge in [0.15, 0.2) is 23.9 Å². The van der Waals surface area contributed by atoms with E-state index in [-0.39, 0.29) is 29.4 Å². The summed E-state index contributed by atoms with van der Waals surface area (Å²) in [6.45, 7) is 3.89. The molecular formula is C35H36N2O11. The van der Waals surface area contributed by atoms with Crippen molar-refractivity contribution in [3.05, 3.63) is 89.9 Å². The zero-order chi connectivity index (χ0) is 33.7. The molecular weight excluding hydrogens is 624 g/mol. The van der Waals surface area contributed by atoms with Gasteiger partial charge < -0.3 is 54.4 Å². The molecule has 0 spiro atoms. The van der Waals surface area contributed by atoms with Crippen LogP contribution in [0, 0.1) is 11.8 Å². The van der Waals surface area contributed by atoms with Crippen LogP contribution < -0.4 is 0 Å². The lowest BCUT2D eigenvalue weighted by atomic mass is 9.74. The first kappa shape index (κ1) is 31.9. The Hall–Kier alpha value is -4.66. The molecule has 9 atom stereocenters. The summed E-state index contributed by atoms with van der Waals surface area (Å²) in [4.78, 5) is 31.9. The molecule has 9 unspecified atom stereocenters. The molecule has 4 aliphatic rings. The Labute approximate surface area is 274 Å². The maximum Gasteiger partial charge on any atom is 0.331 e. The summed E-state index contributed by atoms with van der Waals surface area (Å²) in [6.07, 6.45) is -2.09. The topological polar surface area (TPSA) is 191 Å². The highest BCUT2D eigenvalue weighted by atomic mass is 16.8. The number of H-pyrrole nitrogens is 1. The second kappa shape index (κ2) is 12.7. The Kier molecular flexibility index (Phi) is 8.48. The molecule has 48 heavy (non-hydrogen) atoms. The van der Waals surface area contributed by atoms with E-state index < -0.39 is 55.5 Å². The highest BCUT2D eigenvalue weighted by Crippen LogP contribution is 2.48. The van der Waals surface area contributed by atoms with Gasteiger partial charge in [0.05, 0.1) is 24.5 Å². The maximum absolute atomic E-state index is 13.8. The van der Waals surface area contributed by atoms with Crippen molar-refractivity contribution >= 4 is 28.9 Å². The lowest BCUT2D eigenvalue weighted by Gasteiger charge is -2.48. The Balaban J connectivity index is 1.09. The van der Waals surface area contributed by atoms with Crippen LogP contribution in [0.3, 0.4) is 0 Å². The first-order chi connectivity index (χ1) is 23.2. The maximum atomic E-state index is 13.8. The van der Waals surface area contributed by atoms with Gasteiger partial charge in [0.2, 0.25) is 6.29 Å². The third-order valence-electron chi connectivity index (χ3n) is 9.68. The van der Waals surface area contributed by atoms with Crippen molar-refractivity contribution in [3.63, 3.8) is 0 Å². The van der Waals surface area contributed by atoms with E-state index in [1.807, 2.05) is 23.1 Å². The third-order valence-corrected chi connectivity index (χ3v) is 9.68. The van der Waals surface area contributed by atoms with Crippen molar-refractivity contribution in [1.29, 1.82) is 0 Å². The first-order valence-electron chi connectivity index (χ1n) is 15.8. The minimum atomic E-state index is -1.70. The molecule has 0 bridgehead atoms. The number of ether oxygens (including phenoxy) is 4. The number of amides is 1. The molecule has 13 nitrogen and oxygen atoms in total. The summed E-state index contributed by atoms with van der Waals surface area (Å²) in [7, 11) is 0. The van der Waals surface area contributed by atoms with Crippen LogP contribution in [0.15, 0.2) is 73.0 Å². The van der Waals surface area contributed by atoms with Crippen LogP contribution in [0.5, 0.6) is 11.5 Å². The average molecular weight is 661 g/mol. The van der Waals surface area contributed by atoms with Gasteiger partial charge in [-0.05, 0) is 48.2 Å². The minimum absolute atomic E-state index is 0.133. The molecule has 0 radical (unpaired) electrons. The number of benzene rings is 2. The number of nitrogens with zero attached hydrogens (tertiary/aromatic N) is 1. The van der Waals surface area contributed by atoms with Gasteiger partial charge in [-0.1, -0.05) is 30.3 Å². The van der Waals surface area contributed by atoms with Crippen LogP contribution in [0.1, 0.15) is 29.3 Å². The molecule has 13 heteroatoms. The number of phenols is 2. The zero-order valence-electron chi connectivity index (χ0n) is 25.7. The standard InChI is InChI=1S/C35H36N2O11/c1-2-18-21-14-24-29-20(19-5-3-4-6-23(19)36-29)11-12-37(24)33(44)22(21)16-45-34(18)48-35-31(43)32(30(42)27(15-38)46-35)47-28(41)10-8-17-7-9-25(39)26(40)13-17/h2-10,13,16,18,21,24,27,30-32,34-36,38-40,42-43H,1,11-12,14-15H2. The Morgan fingerprint density at radius 2 is 1.92 bits per heavy atom. The predicted octanol–water partition coefficient (Wildman–Crippen LogP) is 2.15. The van der Waals surface area contributed by atoms with E-state index in [1.54, 1.807) is 6.08 Å². The van der Waals surface area contributed by atoms with Gasteiger partial charge in [-0.25, -0.2) is 4.79 Å². The SMILES string of the molecule is C=CC1C(OC2OC(CO)C(O)C(OC(=O)C=Cc3ccc(O)c(O)c3)C2O)OC=C2C(=O)N3CCc4c([nH]c5ccccc45)C3CC21. The normalized spacial score (nSPS) is 31.4.